The quantitative estimate of drug-likeness (QED) is 0.408. The van der Waals surface area contributed by atoms with Gasteiger partial charge in [-0.2, -0.15) is 0 Å². The monoisotopic (exact) mass is 424 g/mol. The van der Waals surface area contributed by atoms with Crippen molar-refractivity contribution in [3.63, 3.8) is 0 Å². The molecule has 0 saturated carbocycles. The number of pyridine rings is 1. The third-order valence-corrected chi connectivity index (χ3v) is 5.73. The molecule has 0 saturated heterocycles. The van der Waals surface area contributed by atoms with Gasteiger partial charge in [-0.1, -0.05) is 85.3 Å². The average Bonchev–Trinajstić information content (AvgIpc) is 2.81. The third-order valence-electron chi connectivity index (χ3n) is 5.73. The molecule has 164 valence electrons. The van der Waals surface area contributed by atoms with Gasteiger partial charge in [0.05, 0.1) is 22.8 Å². The van der Waals surface area contributed by atoms with Gasteiger partial charge in [0.15, 0.2) is 0 Å². The maximum Gasteiger partial charge on any atom is 0.252 e. The van der Waals surface area contributed by atoms with Crippen molar-refractivity contribution >= 4 is 16.8 Å². The molecule has 0 aliphatic rings. The molecule has 2 aromatic carbocycles. The van der Waals surface area contributed by atoms with E-state index >= 15 is 0 Å². The van der Waals surface area contributed by atoms with Crippen LogP contribution in [0.2, 0.25) is 0 Å². The van der Waals surface area contributed by atoms with Crippen LogP contribution in [0.1, 0.15) is 50.0 Å². The van der Waals surface area contributed by atoms with Crippen LogP contribution in [0.5, 0.6) is 0 Å². The van der Waals surface area contributed by atoms with Gasteiger partial charge in [-0.25, -0.2) is 4.98 Å². The smallest absolute Gasteiger partial charge is 0.252 e. The van der Waals surface area contributed by atoms with Gasteiger partial charge in [0, 0.05) is 10.9 Å². The number of nitrogens with one attached hydrogen (secondary N) is 1. The number of benzene rings is 2. The topological polar surface area (TPSA) is 42.0 Å². The van der Waals surface area contributed by atoms with Crippen molar-refractivity contribution in [3.8, 4) is 11.3 Å². The van der Waals surface area contributed by atoms with Crippen molar-refractivity contribution in [1.82, 2.24) is 10.3 Å². The summed E-state index contributed by atoms with van der Waals surface area (Å²) in [4.78, 5) is 18.5. The number of rotatable bonds is 7. The Kier molecular flexibility index (Phi) is 7.77. The molecule has 3 aromatic rings. The fraction of sp³-hybridized carbons (Fsp3) is 0.241. The summed E-state index contributed by atoms with van der Waals surface area (Å²) in [5, 5.41) is 4.09. The minimum Gasteiger partial charge on any atom is -0.345 e. The van der Waals surface area contributed by atoms with Crippen LogP contribution in [0, 0.1) is 6.92 Å². The van der Waals surface area contributed by atoms with Gasteiger partial charge in [-0.3, -0.25) is 4.79 Å². The molecule has 1 aromatic heterocycles. The maximum absolute atomic E-state index is 13.6. The maximum atomic E-state index is 13.6. The Bertz CT molecular complexity index is 1190. The summed E-state index contributed by atoms with van der Waals surface area (Å²) in [6, 6.07) is 17.7. The molecule has 1 amide bonds. The molecule has 0 aliphatic heterocycles. The number of para-hydroxylation sites is 1. The van der Waals surface area contributed by atoms with Gasteiger partial charge < -0.3 is 5.32 Å². The van der Waals surface area contributed by atoms with E-state index in [9.17, 15) is 4.79 Å². The van der Waals surface area contributed by atoms with Gasteiger partial charge >= 0.3 is 0 Å². The van der Waals surface area contributed by atoms with Crippen molar-refractivity contribution < 1.29 is 4.79 Å². The highest BCUT2D eigenvalue weighted by molar-refractivity contribution is 6.09. The molecule has 0 bridgehead atoms. The number of carbonyl (C=O) groups excluding carboxylic acids is 1. The number of amides is 1. The molecule has 3 nitrogen and oxygen atoms in total. The first-order chi connectivity index (χ1) is 15.5. The molecule has 3 heteroatoms. The second kappa shape index (κ2) is 10.7. The summed E-state index contributed by atoms with van der Waals surface area (Å²) in [5.74, 6) is -0.0858. The van der Waals surface area contributed by atoms with Crippen LogP contribution in [0.3, 0.4) is 0 Å². The third kappa shape index (κ3) is 5.23. The van der Waals surface area contributed by atoms with Gasteiger partial charge in [0.25, 0.3) is 5.91 Å². The van der Waals surface area contributed by atoms with E-state index in [2.05, 4.69) is 37.4 Å². The predicted molar refractivity (Wildman–Crippen MR) is 136 cm³/mol. The van der Waals surface area contributed by atoms with Crippen LogP contribution in [0.25, 0.3) is 22.2 Å². The number of hydrogen-bond donors (Lipinski definition) is 1. The summed E-state index contributed by atoms with van der Waals surface area (Å²) in [6.07, 6.45) is 9.28. The Morgan fingerprint density at radius 2 is 1.75 bits per heavy atom. The van der Waals surface area contributed by atoms with Crippen LogP contribution < -0.4 is 5.32 Å². The van der Waals surface area contributed by atoms with E-state index in [1.807, 2.05) is 81.4 Å². The van der Waals surface area contributed by atoms with E-state index in [1.54, 1.807) is 0 Å². The zero-order valence-corrected chi connectivity index (χ0v) is 19.6. The van der Waals surface area contributed by atoms with E-state index in [0.29, 0.717) is 5.56 Å². The zero-order valence-electron chi connectivity index (χ0n) is 19.6. The summed E-state index contributed by atoms with van der Waals surface area (Å²) in [5.41, 5.74) is 6.60. The van der Waals surface area contributed by atoms with Crippen LogP contribution in [0.4, 0.5) is 0 Å². The Balaban J connectivity index is 2.05. The molecule has 0 aliphatic carbocycles. The van der Waals surface area contributed by atoms with Gasteiger partial charge in [-0.05, 0) is 51.3 Å². The van der Waals surface area contributed by atoms with E-state index in [4.69, 9.17) is 4.98 Å². The Morgan fingerprint density at radius 3 is 2.44 bits per heavy atom. The molecule has 0 spiro atoms. The molecule has 3 rings (SSSR count). The SMILES string of the molecule is C\C=C/C(=C\C=C(/C)CC)C(C)NC(=O)c1c(C)c(-c2ccccc2)nc2ccccc12. The average molecular weight is 425 g/mol. The fourth-order valence-corrected chi connectivity index (χ4v) is 3.72. The van der Waals surface area contributed by atoms with Crippen molar-refractivity contribution in [2.45, 2.75) is 47.1 Å². The highest BCUT2D eigenvalue weighted by Crippen LogP contribution is 2.29. The standard InChI is InChI=1S/C29H32N2O/c1-6-13-23(19-18-20(3)7-2)22(5)30-29(32)27-21(4)28(24-14-9-8-10-15-24)31-26-17-12-11-16-25(26)27/h6,8-19,22H,7H2,1-5H3,(H,30,32)/b13-6-,20-18+,23-19+. The lowest BCUT2D eigenvalue weighted by atomic mass is 9.96. The van der Waals surface area contributed by atoms with Crippen LogP contribution in [-0.4, -0.2) is 16.9 Å². The highest BCUT2D eigenvalue weighted by atomic mass is 16.1. The molecular weight excluding hydrogens is 392 g/mol. The molecule has 0 radical (unpaired) electrons. The Labute approximate surface area is 191 Å². The fourth-order valence-electron chi connectivity index (χ4n) is 3.72. The normalized spacial score (nSPS) is 13.5. The first kappa shape index (κ1) is 23.2. The lowest BCUT2D eigenvalue weighted by molar-refractivity contribution is 0.0947. The van der Waals surface area contributed by atoms with E-state index in [1.165, 1.54) is 5.57 Å². The summed E-state index contributed by atoms with van der Waals surface area (Å²) < 4.78 is 0. The summed E-state index contributed by atoms with van der Waals surface area (Å²) >= 11 is 0. The molecule has 1 unspecified atom stereocenters. The molecule has 1 atom stereocenters. The first-order valence-corrected chi connectivity index (χ1v) is 11.2. The summed E-state index contributed by atoms with van der Waals surface area (Å²) in [6.45, 7) is 10.3. The molecule has 1 heterocycles. The van der Waals surface area contributed by atoms with Crippen molar-refractivity contribution in [2.75, 3.05) is 0 Å². The lowest BCUT2D eigenvalue weighted by Crippen LogP contribution is -2.34. The number of carbonyl (C=O) groups is 1. The lowest BCUT2D eigenvalue weighted by Gasteiger charge is -2.19. The number of aromatic nitrogens is 1. The molecule has 0 fully saturated rings. The van der Waals surface area contributed by atoms with Crippen LogP contribution in [0.15, 0.2) is 90.0 Å². The Hall–Kier alpha value is -3.46. The van der Waals surface area contributed by atoms with E-state index in [-0.39, 0.29) is 11.9 Å². The number of allylic oxidation sites excluding steroid dienone is 4. The number of fused-ring (bicyclic) bond motifs is 1. The minimum absolute atomic E-state index is 0.0858. The van der Waals surface area contributed by atoms with Gasteiger partial charge in [0.2, 0.25) is 0 Å². The predicted octanol–water partition coefficient (Wildman–Crippen LogP) is 7.19. The Morgan fingerprint density at radius 1 is 1.06 bits per heavy atom. The van der Waals surface area contributed by atoms with Crippen molar-refractivity contribution in [3.05, 3.63) is 101 Å². The van der Waals surface area contributed by atoms with Gasteiger partial charge in [-0.15, -0.1) is 0 Å². The number of hydrogen-bond acceptors (Lipinski definition) is 2. The van der Waals surface area contributed by atoms with E-state index in [0.717, 1.165) is 39.7 Å². The molecular formula is C29H32N2O. The molecule has 1 N–H and O–H groups in total. The van der Waals surface area contributed by atoms with Crippen molar-refractivity contribution in [1.29, 1.82) is 0 Å². The van der Waals surface area contributed by atoms with Gasteiger partial charge in [0.1, 0.15) is 0 Å². The first-order valence-electron chi connectivity index (χ1n) is 11.2. The van der Waals surface area contributed by atoms with Crippen LogP contribution >= 0.6 is 0 Å². The minimum atomic E-state index is -0.133. The molecule has 32 heavy (non-hydrogen) atoms. The second-order valence-corrected chi connectivity index (χ2v) is 8.07. The van der Waals surface area contributed by atoms with Crippen LogP contribution in [-0.2, 0) is 0 Å². The second-order valence-electron chi connectivity index (χ2n) is 8.07. The number of nitrogens with zero attached hydrogens (tertiary/aromatic N) is 1. The largest absolute Gasteiger partial charge is 0.345 e. The highest BCUT2D eigenvalue weighted by Gasteiger charge is 2.20. The zero-order chi connectivity index (χ0) is 23.1. The van der Waals surface area contributed by atoms with E-state index < -0.39 is 0 Å². The van der Waals surface area contributed by atoms with Crippen molar-refractivity contribution in [2.24, 2.45) is 0 Å². The summed E-state index contributed by atoms with van der Waals surface area (Å²) in [7, 11) is 0.